The first-order chi connectivity index (χ1) is 5.59. The Labute approximate surface area is 72.4 Å². The molecule has 0 heterocycles. The van der Waals surface area contributed by atoms with Crippen molar-refractivity contribution < 1.29 is 4.39 Å². The lowest BCUT2D eigenvalue weighted by atomic mass is 10.1. The lowest BCUT2D eigenvalue weighted by molar-refractivity contribution is 0.616. The van der Waals surface area contributed by atoms with E-state index in [0.717, 1.165) is 12.0 Å². The van der Waals surface area contributed by atoms with Crippen molar-refractivity contribution in [3.05, 3.63) is 35.1 Å². The van der Waals surface area contributed by atoms with Crippen molar-refractivity contribution in [1.82, 2.24) is 0 Å². The fourth-order valence-corrected chi connectivity index (χ4v) is 1.21. The molecule has 0 saturated heterocycles. The van der Waals surface area contributed by atoms with E-state index in [9.17, 15) is 4.39 Å². The summed E-state index contributed by atoms with van der Waals surface area (Å²) in [4.78, 5) is 0. The van der Waals surface area contributed by atoms with E-state index in [2.05, 4.69) is 0 Å². The molecule has 0 amide bonds. The number of nitrogens with two attached hydrogens (primary N) is 1. The lowest BCUT2D eigenvalue weighted by Gasteiger charge is -2.05. The summed E-state index contributed by atoms with van der Waals surface area (Å²) in [5, 5.41) is 0. The first-order valence-electron chi connectivity index (χ1n) is 4.10. The van der Waals surface area contributed by atoms with Crippen LogP contribution in [0.4, 0.5) is 4.39 Å². The van der Waals surface area contributed by atoms with Gasteiger partial charge in [-0.15, -0.1) is 0 Å². The second-order valence-corrected chi connectivity index (χ2v) is 3.26. The smallest absolute Gasteiger partial charge is 0.126 e. The molecule has 0 bridgehead atoms. The summed E-state index contributed by atoms with van der Waals surface area (Å²) < 4.78 is 12.8. The normalized spacial score (nSPS) is 13.0. The lowest BCUT2D eigenvalue weighted by Crippen LogP contribution is -2.17. The Kier molecular flexibility index (Phi) is 2.82. The summed E-state index contributed by atoms with van der Waals surface area (Å²) in [6.45, 7) is 3.71. The minimum absolute atomic E-state index is 0.134. The van der Waals surface area contributed by atoms with Gasteiger partial charge in [0.25, 0.3) is 0 Å². The van der Waals surface area contributed by atoms with Gasteiger partial charge in [0.1, 0.15) is 5.82 Å². The van der Waals surface area contributed by atoms with Crippen LogP contribution >= 0.6 is 0 Å². The molecule has 0 aliphatic heterocycles. The zero-order valence-corrected chi connectivity index (χ0v) is 7.47. The molecule has 0 aromatic heterocycles. The van der Waals surface area contributed by atoms with Crippen LogP contribution in [0.5, 0.6) is 0 Å². The van der Waals surface area contributed by atoms with E-state index >= 15 is 0 Å². The van der Waals surface area contributed by atoms with Gasteiger partial charge in [0, 0.05) is 6.04 Å². The molecule has 1 aromatic rings. The predicted molar refractivity (Wildman–Crippen MR) is 48.5 cm³/mol. The Morgan fingerprint density at radius 2 is 2.17 bits per heavy atom. The fraction of sp³-hybridized carbons (Fsp3) is 0.400. The average Bonchev–Trinajstić information content (AvgIpc) is 1.96. The van der Waals surface area contributed by atoms with Gasteiger partial charge in [0.15, 0.2) is 0 Å². The van der Waals surface area contributed by atoms with Crippen LogP contribution in [0.3, 0.4) is 0 Å². The summed E-state index contributed by atoms with van der Waals surface area (Å²) in [7, 11) is 0. The molecule has 0 unspecified atom stereocenters. The molecule has 1 rings (SSSR count). The molecule has 1 nitrogen and oxygen atoms in total. The predicted octanol–water partition coefficient (Wildman–Crippen LogP) is 2.02. The van der Waals surface area contributed by atoms with E-state index in [0.29, 0.717) is 5.56 Å². The minimum Gasteiger partial charge on any atom is -0.328 e. The summed E-state index contributed by atoms with van der Waals surface area (Å²) >= 11 is 0. The number of rotatable bonds is 2. The number of hydrogen-bond donors (Lipinski definition) is 1. The maximum absolute atomic E-state index is 12.8. The zero-order valence-electron chi connectivity index (χ0n) is 7.47. The molecule has 0 saturated carbocycles. The Bertz CT molecular complexity index is 269. The summed E-state index contributed by atoms with van der Waals surface area (Å²) in [5.74, 6) is -0.150. The van der Waals surface area contributed by atoms with Crippen LogP contribution in [0, 0.1) is 12.7 Å². The van der Waals surface area contributed by atoms with Crippen LogP contribution in [0.15, 0.2) is 18.2 Å². The third-order valence-electron chi connectivity index (χ3n) is 1.78. The quantitative estimate of drug-likeness (QED) is 0.716. The average molecular weight is 167 g/mol. The third kappa shape index (κ3) is 2.31. The molecule has 0 aliphatic carbocycles. The van der Waals surface area contributed by atoms with Crippen molar-refractivity contribution in [2.75, 3.05) is 0 Å². The molecule has 0 fully saturated rings. The van der Waals surface area contributed by atoms with Crippen LogP contribution in [0.25, 0.3) is 0 Å². The molecule has 1 aromatic carbocycles. The van der Waals surface area contributed by atoms with Gasteiger partial charge in [-0.25, -0.2) is 4.39 Å². The van der Waals surface area contributed by atoms with Gasteiger partial charge in [-0.1, -0.05) is 12.1 Å². The molecule has 66 valence electrons. The molecular formula is C10H14FN. The third-order valence-corrected chi connectivity index (χ3v) is 1.78. The highest BCUT2D eigenvalue weighted by atomic mass is 19.1. The summed E-state index contributed by atoms with van der Waals surface area (Å²) in [6, 6.07) is 5.26. The molecule has 0 radical (unpaired) electrons. The van der Waals surface area contributed by atoms with Gasteiger partial charge in [-0.05, 0) is 37.5 Å². The highest BCUT2D eigenvalue weighted by Gasteiger charge is 2.00. The van der Waals surface area contributed by atoms with Crippen LogP contribution in [-0.2, 0) is 6.42 Å². The van der Waals surface area contributed by atoms with Crippen molar-refractivity contribution in [3.63, 3.8) is 0 Å². The molecule has 0 aliphatic rings. The Morgan fingerprint density at radius 1 is 1.50 bits per heavy atom. The van der Waals surface area contributed by atoms with Crippen molar-refractivity contribution in [1.29, 1.82) is 0 Å². The van der Waals surface area contributed by atoms with E-state index in [4.69, 9.17) is 5.73 Å². The fourth-order valence-electron chi connectivity index (χ4n) is 1.21. The Morgan fingerprint density at radius 3 is 2.67 bits per heavy atom. The van der Waals surface area contributed by atoms with E-state index in [1.165, 1.54) is 6.07 Å². The second-order valence-electron chi connectivity index (χ2n) is 3.26. The van der Waals surface area contributed by atoms with Gasteiger partial charge < -0.3 is 5.73 Å². The van der Waals surface area contributed by atoms with Crippen LogP contribution in [0.1, 0.15) is 18.1 Å². The molecular weight excluding hydrogens is 153 g/mol. The van der Waals surface area contributed by atoms with Gasteiger partial charge in [-0.3, -0.25) is 0 Å². The number of aryl methyl sites for hydroxylation is 1. The highest BCUT2D eigenvalue weighted by molar-refractivity contribution is 5.24. The Balaban J connectivity index is 2.82. The maximum atomic E-state index is 12.8. The van der Waals surface area contributed by atoms with Crippen LogP contribution in [-0.4, -0.2) is 6.04 Å². The highest BCUT2D eigenvalue weighted by Crippen LogP contribution is 2.10. The van der Waals surface area contributed by atoms with Crippen LogP contribution < -0.4 is 5.73 Å². The number of halogens is 1. The zero-order chi connectivity index (χ0) is 9.14. The number of benzene rings is 1. The SMILES string of the molecule is Cc1cc(C[C@@H](C)N)ccc1F. The van der Waals surface area contributed by atoms with Gasteiger partial charge >= 0.3 is 0 Å². The molecule has 12 heavy (non-hydrogen) atoms. The van der Waals surface area contributed by atoms with Crippen LogP contribution in [0.2, 0.25) is 0 Å². The van der Waals surface area contributed by atoms with Gasteiger partial charge in [0.2, 0.25) is 0 Å². The van der Waals surface area contributed by atoms with Crippen molar-refractivity contribution in [3.8, 4) is 0 Å². The van der Waals surface area contributed by atoms with E-state index in [1.54, 1.807) is 13.0 Å². The monoisotopic (exact) mass is 167 g/mol. The largest absolute Gasteiger partial charge is 0.328 e. The maximum Gasteiger partial charge on any atom is 0.126 e. The van der Waals surface area contributed by atoms with E-state index in [1.807, 2.05) is 13.0 Å². The minimum atomic E-state index is -0.150. The van der Waals surface area contributed by atoms with Gasteiger partial charge in [-0.2, -0.15) is 0 Å². The molecule has 1 atom stereocenters. The van der Waals surface area contributed by atoms with Crippen molar-refractivity contribution >= 4 is 0 Å². The molecule has 0 spiro atoms. The first-order valence-corrected chi connectivity index (χ1v) is 4.10. The van der Waals surface area contributed by atoms with Crippen molar-refractivity contribution in [2.24, 2.45) is 5.73 Å². The van der Waals surface area contributed by atoms with Crippen molar-refractivity contribution in [2.45, 2.75) is 26.3 Å². The standard InChI is InChI=1S/C10H14FN/c1-7-5-9(6-8(2)12)3-4-10(7)11/h3-5,8H,6,12H2,1-2H3/t8-/m1/s1. The molecule has 2 heteroatoms. The van der Waals surface area contributed by atoms with E-state index < -0.39 is 0 Å². The van der Waals surface area contributed by atoms with Gasteiger partial charge in [0.05, 0.1) is 0 Å². The number of hydrogen-bond acceptors (Lipinski definition) is 1. The van der Waals surface area contributed by atoms with E-state index in [-0.39, 0.29) is 11.9 Å². The molecule has 2 N–H and O–H groups in total. The topological polar surface area (TPSA) is 26.0 Å². The second kappa shape index (κ2) is 3.68. The summed E-state index contributed by atoms with van der Waals surface area (Å²) in [5.41, 5.74) is 7.41. The Hall–Kier alpha value is -0.890. The summed E-state index contributed by atoms with van der Waals surface area (Å²) in [6.07, 6.45) is 0.807. The first kappa shape index (κ1) is 9.20.